The molecule has 3 heterocycles. The molecule has 0 spiro atoms. The topological polar surface area (TPSA) is 351 Å². The minimum Gasteiger partial charge on any atom is -0.508 e. The molecule has 26 heteroatoms. The summed E-state index contributed by atoms with van der Waals surface area (Å²) in [5.41, 5.74) is 9.65. The second kappa shape index (κ2) is 32.0. The fourth-order valence-electron chi connectivity index (χ4n) is 11.1. The molecule has 94 heavy (non-hydrogen) atoms. The van der Waals surface area contributed by atoms with Gasteiger partial charge in [0.2, 0.25) is 35.5 Å². The van der Waals surface area contributed by atoms with Crippen LogP contribution in [-0.2, 0) is 72.6 Å². The summed E-state index contributed by atoms with van der Waals surface area (Å²) in [5, 5.41) is 25.7. The first-order valence-electron chi connectivity index (χ1n) is 31.3. The minimum absolute atomic E-state index is 0.0344. The van der Waals surface area contributed by atoms with Crippen LogP contribution in [-0.4, -0.2) is 143 Å². The zero-order valence-corrected chi connectivity index (χ0v) is 54.3. The van der Waals surface area contributed by atoms with Crippen molar-refractivity contribution in [3.63, 3.8) is 0 Å². The minimum atomic E-state index is -4.12. The maximum atomic E-state index is 14.9. The number of alkyl carbamates (subject to hydrolysis) is 1. The Labute approximate surface area is 546 Å². The molecule has 8 rings (SSSR count). The number of hydrogen-bond acceptors (Lipinski definition) is 15. The highest BCUT2D eigenvalue weighted by molar-refractivity contribution is 7.90. The largest absolute Gasteiger partial charge is 0.508 e. The second-order valence-corrected chi connectivity index (χ2v) is 26.0. The average molecular weight is 1310 g/mol. The number of nitrogens with one attached hydrogen (secondary N) is 7. The smallest absolute Gasteiger partial charge is 0.411 e. The van der Waals surface area contributed by atoms with Gasteiger partial charge in [-0.2, -0.15) is 0 Å². The molecule has 0 radical (unpaired) electrons. The predicted octanol–water partition coefficient (Wildman–Crippen LogP) is 6.32. The Hall–Kier alpha value is -9.98. The van der Waals surface area contributed by atoms with Crippen LogP contribution in [0.1, 0.15) is 119 Å². The number of nitrogens with zero attached hydrogens (tertiary/aromatic N) is 3. The van der Waals surface area contributed by atoms with Crippen LogP contribution in [0.2, 0.25) is 0 Å². The van der Waals surface area contributed by atoms with E-state index in [2.05, 4.69) is 41.3 Å². The molecule has 500 valence electrons. The van der Waals surface area contributed by atoms with E-state index in [9.17, 15) is 51.9 Å². The first kappa shape index (κ1) is 69.9. The molecular formula is C68H83N11O14S. The molecule has 1 saturated heterocycles. The van der Waals surface area contributed by atoms with Gasteiger partial charge in [-0.25, -0.2) is 27.5 Å². The Balaban J connectivity index is 0.965. The highest BCUT2D eigenvalue weighted by Crippen LogP contribution is 2.44. The molecule has 0 saturated carbocycles. The van der Waals surface area contributed by atoms with E-state index in [1.165, 1.54) is 41.8 Å². The Kier molecular flexibility index (Phi) is 23.8. The van der Waals surface area contributed by atoms with Gasteiger partial charge >= 0.3 is 18.2 Å². The van der Waals surface area contributed by atoms with E-state index < -0.39 is 112 Å². The Bertz CT molecular complexity index is 3810. The standard InChI is InChI=1S/C68H83N11O14S/c1-42-32-34-47(35-33-42)94(89,90)77-65(69)70-37-19-29-52(75-59(81)43(2)73-62(84)55-39-50-48-25-13-15-27-51(48)74-57(50)58(49-26-14-16-31-56(49)80)79(55)67(88)93-68(4,5)6)63(85)78-38-20-30-54(78)61(83)72-44(3)60(82)76-53(64(86)91-40-45-21-9-7-10-22-45)28-17-18-36-71-66(87)92-41-46-23-11-8-12-24-46/h7-16,21-27,31-35,43-44,52-55,58,74,80H,17-20,28-30,36-41H2,1-6H3,(H,71,87)(H,72,83)(H,73,84)(H,75,81)(H,76,82)(H3,69,70,77)/t43-,44-,52-,53-,54-,55-,58+/m0/s1. The molecule has 6 aromatic rings. The van der Waals surface area contributed by atoms with Crippen molar-refractivity contribution in [1.82, 2.24) is 46.1 Å². The number of fused-ring (bicyclic) bond motifs is 3. The number of aromatic hydroxyl groups is 1. The molecule has 0 unspecified atom stereocenters. The fraction of sp³-hybridized carbons (Fsp3) is 0.397. The molecule has 25 nitrogen and oxygen atoms in total. The number of ether oxygens (including phenoxy) is 3. The second-order valence-electron chi connectivity index (χ2n) is 24.3. The molecule has 1 fully saturated rings. The van der Waals surface area contributed by atoms with Crippen molar-refractivity contribution < 1.29 is 66.1 Å². The van der Waals surface area contributed by atoms with Gasteiger partial charge in [-0.15, -0.1) is 0 Å². The Morgan fingerprint density at radius 2 is 1.30 bits per heavy atom. The number of H-pyrrole nitrogens is 1. The summed E-state index contributed by atoms with van der Waals surface area (Å²) in [6.07, 6.45) is -0.231. The molecule has 2 aliphatic heterocycles. The number of aromatic amines is 1. The first-order chi connectivity index (χ1) is 44.9. The van der Waals surface area contributed by atoms with E-state index >= 15 is 0 Å². The van der Waals surface area contributed by atoms with Gasteiger partial charge in [-0.1, -0.05) is 115 Å². The van der Waals surface area contributed by atoms with Gasteiger partial charge in [0.15, 0.2) is 0 Å². The van der Waals surface area contributed by atoms with E-state index in [1.807, 2.05) is 60.7 Å². The van der Waals surface area contributed by atoms with Crippen molar-refractivity contribution in [3.8, 4) is 5.75 Å². The van der Waals surface area contributed by atoms with Gasteiger partial charge in [-0.3, -0.25) is 33.9 Å². The monoisotopic (exact) mass is 1310 g/mol. The van der Waals surface area contributed by atoms with Crippen LogP contribution < -0.4 is 37.0 Å². The molecule has 1 aromatic heterocycles. The molecular weight excluding hydrogens is 1230 g/mol. The summed E-state index contributed by atoms with van der Waals surface area (Å²) in [4.78, 5) is 123. The Morgan fingerprint density at radius 3 is 1.95 bits per heavy atom. The third-order valence-electron chi connectivity index (χ3n) is 16.0. The van der Waals surface area contributed by atoms with E-state index in [0.717, 1.165) is 16.5 Å². The summed E-state index contributed by atoms with van der Waals surface area (Å²) in [6.45, 7) is 9.80. The third-order valence-corrected chi connectivity index (χ3v) is 17.3. The van der Waals surface area contributed by atoms with E-state index in [1.54, 1.807) is 82.3 Å². The number of amides is 7. The summed E-state index contributed by atoms with van der Waals surface area (Å²) in [7, 11) is -4.12. The number of likely N-dealkylation sites (tertiary alicyclic amines) is 1. The van der Waals surface area contributed by atoms with Crippen molar-refractivity contribution in [2.24, 2.45) is 10.7 Å². The van der Waals surface area contributed by atoms with Crippen LogP contribution in [0.3, 0.4) is 0 Å². The number of rotatable bonds is 26. The Morgan fingerprint density at radius 1 is 0.713 bits per heavy atom. The van der Waals surface area contributed by atoms with Crippen LogP contribution in [0.5, 0.6) is 5.75 Å². The van der Waals surface area contributed by atoms with E-state index in [0.29, 0.717) is 47.2 Å². The molecule has 5 aromatic carbocycles. The maximum Gasteiger partial charge on any atom is 0.411 e. The lowest BCUT2D eigenvalue weighted by Gasteiger charge is -2.42. The van der Waals surface area contributed by atoms with Gasteiger partial charge in [0.25, 0.3) is 10.0 Å². The first-order valence-corrected chi connectivity index (χ1v) is 32.8. The highest BCUT2D eigenvalue weighted by Gasteiger charge is 2.47. The van der Waals surface area contributed by atoms with Crippen LogP contribution in [0.15, 0.2) is 143 Å². The van der Waals surface area contributed by atoms with Crippen LogP contribution in [0.4, 0.5) is 9.59 Å². The predicted molar refractivity (Wildman–Crippen MR) is 350 cm³/mol. The quantitative estimate of drug-likeness (QED) is 0.00944. The lowest BCUT2D eigenvalue weighted by atomic mass is 9.87. The summed E-state index contributed by atoms with van der Waals surface area (Å²) in [5.74, 6) is -5.03. The summed E-state index contributed by atoms with van der Waals surface area (Å²) >= 11 is 0. The molecule has 7 amide bonds. The van der Waals surface area contributed by atoms with Gasteiger partial charge in [0.1, 0.15) is 66.9 Å². The number of unbranched alkanes of at least 4 members (excludes halogenated alkanes) is 1. The number of esters is 1. The van der Waals surface area contributed by atoms with Crippen molar-refractivity contribution in [2.75, 3.05) is 19.6 Å². The van der Waals surface area contributed by atoms with Crippen LogP contribution >= 0.6 is 0 Å². The molecule has 10 N–H and O–H groups in total. The van der Waals surface area contributed by atoms with Gasteiger partial charge < -0.3 is 61.5 Å². The van der Waals surface area contributed by atoms with Crippen molar-refractivity contribution >= 4 is 74.6 Å². The zero-order chi connectivity index (χ0) is 67.7. The number of nitrogens with two attached hydrogens (primary N) is 1. The van der Waals surface area contributed by atoms with E-state index in [-0.39, 0.29) is 75.6 Å². The average Bonchev–Trinajstić information content (AvgIpc) is 1.51. The number of carbonyl (C=O) groups excluding carboxylic acids is 8. The number of aromatic nitrogens is 1. The fourth-order valence-corrected chi connectivity index (χ4v) is 12.1. The van der Waals surface area contributed by atoms with Crippen molar-refractivity contribution in [2.45, 2.75) is 159 Å². The third kappa shape index (κ3) is 18.8. The van der Waals surface area contributed by atoms with Gasteiger partial charge in [-0.05, 0) is 127 Å². The van der Waals surface area contributed by atoms with Crippen LogP contribution in [0.25, 0.3) is 10.9 Å². The number of guanidine groups is 1. The number of hydrogen-bond donors (Lipinski definition) is 9. The number of para-hydroxylation sites is 2. The molecule has 2 aliphatic rings. The normalized spacial score (nSPS) is 16.9. The summed E-state index contributed by atoms with van der Waals surface area (Å²) < 4.78 is 45.3. The van der Waals surface area contributed by atoms with Crippen molar-refractivity contribution in [1.29, 1.82) is 0 Å². The number of aliphatic imine (C=N–C) groups is 1. The molecule has 0 aliphatic carbocycles. The number of benzene rings is 5. The maximum absolute atomic E-state index is 14.9. The zero-order valence-electron chi connectivity index (χ0n) is 53.5. The summed E-state index contributed by atoms with van der Waals surface area (Å²) in [6, 6.07) is 29.3. The van der Waals surface area contributed by atoms with Crippen LogP contribution in [0, 0.1) is 6.92 Å². The number of aryl methyl sites for hydroxylation is 1. The number of carbonyl (C=O) groups is 8. The highest BCUT2D eigenvalue weighted by atomic mass is 32.2. The SMILES string of the molecule is Cc1ccc(S(=O)(=O)NC(N)=NCCC[C@H](NC(=O)[C@H](C)NC(=O)[C@@H]2Cc3c([nH]c4ccccc34)[C@@H](c3ccccc3O)N2C(=O)OC(C)(C)C)C(=O)N2CCC[C@H]2C(=O)N[C@@H](C)C(=O)N[C@@H](CCCCNC(=O)OCc2ccccc2)C(=O)OCc2ccccc2)cc1. The lowest BCUT2D eigenvalue weighted by molar-refractivity contribution is -0.149. The number of phenolic OH excluding ortho intramolecular Hbond substituents is 1. The lowest BCUT2D eigenvalue weighted by Crippen LogP contribution is -2.60. The van der Waals surface area contributed by atoms with E-state index in [4.69, 9.17) is 19.9 Å². The molecule has 0 bridgehead atoms. The molecule has 7 atom stereocenters. The van der Waals surface area contributed by atoms with Crippen molar-refractivity contribution in [3.05, 3.63) is 167 Å². The number of phenols is 1. The van der Waals surface area contributed by atoms with Gasteiger partial charge in [0, 0.05) is 48.2 Å². The van der Waals surface area contributed by atoms with Gasteiger partial charge in [0.05, 0.1) is 4.90 Å². The number of sulfonamides is 1.